The standard InChI is InChI=1S/C17H15BrN2O3/c18-11-3-1-2-4-12(11)19-13(21)8-20-16(22)14-9-5-6-10(7-9)15(14)17(20)23/h1-6,9-10,14-15H,7-8H2,(H,19,21). The van der Waals surface area contributed by atoms with Gasteiger partial charge in [0.1, 0.15) is 6.54 Å². The van der Waals surface area contributed by atoms with E-state index in [-0.39, 0.29) is 47.9 Å². The van der Waals surface area contributed by atoms with Crippen LogP contribution in [0.4, 0.5) is 5.69 Å². The van der Waals surface area contributed by atoms with Gasteiger partial charge in [-0.2, -0.15) is 0 Å². The van der Waals surface area contributed by atoms with Crippen LogP contribution in [0.1, 0.15) is 6.42 Å². The van der Waals surface area contributed by atoms with Gasteiger partial charge in [-0.25, -0.2) is 0 Å². The zero-order valence-electron chi connectivity index (χ0n) is 12.2. The number of hydrogen-bond donors (Lipinski definition) is 1. The lowest BCUT2D eigenvalue weighted by Crippen LogP contribution is -2.39. The molecular weight excluding hydrogens is 360 g/mol. The van der Waals surface area contributed by atoms with Gasteiger partial charge in [-0.1, -0.05) is 24.3 Å². The SMILES string of the molecule is O=C(CN1C(=O)C2C3C=CC(C3)C2C1=O)Nc1ccccc1Br. The first-order valence-corrected chi connectivity index (χ1v) is 8.43. The molecule has 0 radical (unpaired) electrons. The molecule has 1 aliphatic heterocycles. The van der Waals surface area contributed by atoms with Crippen molar-refractivity contribution in [1.82, 2.24) is 4.90 Å². The zero-order valence-corrected chi connectivity index (χ0v) is 13.8. The molecule has 6 heteroatoms. The maximum atomic E-state index is 12.5. The third kappa shape index (κ3) is 2.24. The summed E-state index contributed by atoms with van der Waals surface area (Å²) >= 11 is 3.35. The van der Waals surface area contributed by atoms with Crippen molar-refractivity contribution in [2.24, 2.45) is 23.7 Å². The van der Waals surface area contributed by atoms with E-state index in [1.807, 2.05) is 24.3 Å². The number of amides is 3. The van der Waals surface area contributed by atoms with Gasteiger partial charge in [0.2, 0.25) is 17.7 Å². The monoisotopic (exact) mass is 374 g/mol. The highest BCUT2D eigenvalue weighted by atomic mass is 79.9. The third-order valence-electron chi connectivity index (χ3n) is 5.01. The van der Waals surface area contributed by atoms with Crippen LogP contribution in [-0.4, -0.2) is 29.2 Å². The summed E-state index contributed by atoms with van der Waals surface area (Å²) in [5.74, 6) is -0.935. The van der Waals surface area contributed by atoms with Crippen molar-refractivity contribution in [1.29, 1.82) is 0 Å². The number of hydrogen-bond acceptors (Lipinski definition) is 3. The van der Waals surface area contributed by atoms with Gasteiger partial charge in [-0.15, -0.1) is 0 Å². The van der Waals surface area contributed by atoms with E-state index in [0.29, 0.717) is 5.69 Å². The number of likely N-dealkylation sites (tertiary alicyclic amines) is 1. The number of carbonyl (C=O) groups is 3. The number of rotatable bonds is 3. The number of benzene rings is 1. The first-order chi connectivity index (χ1) is 11.1. The predicted molar refractivity (Wildman–Crippen MR) is 87.2 cm³/mol. The molecule has 5 nitrogen and oxygen atoms in total. The van der Waals surface area contributed by atoms with E-state index >= 15 is 0 Å². The highest BCUT2D eigenvalue weighted by molar-refractivity contribution is 9.10. The van der Waals surface area contributed by atoms with Crippen LogP contribution in [0.25, 0.3) is 0 Å². The molecule has 1 heterocycles. The van der Waals surface area contributed by atoms with Crippen LogP contribution in [0.3, 0.4) is 0 Å². The Bertz CT molecular complexity index is 715. The third-order valence-corrected chi connectivity index (χ3v) is 5.70. The number of fused-ring (bicyclic) bond motifs is 5. The minimum atomic E-state index is -0.362. The van der Waals surface area contributed by atoms with E-state index in [1.165, 1.54) is 0 Å². The number of para-hydroxylation sites is 1. The molecule has 3 amide bonds. The molecule has 4 unspecified atom stereocenters. The molecule has 2 aliphatic carbocycles. The average molecular weight is 375 g/mol. The Hall–Kier alpha value is -1.95. The van der Waals surface area contributed by atoms with Crippen LogP contribution in [0.15, 0.2) is 40.9 Å². The Kier molecular flexibility index (Phi) is 3.37. The normalized spacial score (nSPS) is 30.9. The number of nitrogens with zero attached hydrogens (tertiary/aromatic N) is 1. The van der Waals surface area contributed by atoms with Crippen LogP contribution >= 0.6 is 15.9 Å². The molecule has 0 aromatic heterocycles. The Morgan fingerprint density at radius 1 is 1.13 bits per heavy atom. The van der Waals surface area contributed by atoms with Gasteiger partial charge in [-0.05, 0) is 46.3 Å². The van der Waals surface area contributed by atoms with Gasteiger partial charge in [-0.3, -0.25) is 19.3 Å². The molecule has 3 aliphatic rings. The van der Waals surface area contributed by atoms with Crippen molar-refractivity contribution in [3.8, 4) is 0 Å². The number of nitrogens with one attached hydrogen (secondary N) is 1. The molecule has 1 N–H and O–H groups in total. The second kappa shape index (κ2) is 5.30. The van der Waals surface area contributed by atoms with E-state index in [4.69, 9.17) is 0 Å². The summed E-state index contributed by atoms with van der Waals surface area (Å²) in [6.45, 7) is -0.217. The zero-order chi connectivity index (χ0) is 16.1. The molecule has 1 saturated heterocycles. The summed E-state index contributed by atoms with van der Waals surface area (Å²) in [6.07, 6.45) is 4.98. The van der Waals surface area contributed by atoms with Crippen LogP contribution in [0.5, 0.6) is 0 Å². The molecule has 0 spiro atoms. The molecule has 1 saturated carbocycles. The molecule has 23 heavy (non-hydrogen) atoms. The van der Waals surface area contributed by atoms with Gasteiger partial charge in [0.15, 0.2) is 0 Å². The maximum Gasteiger partial charge on any atom is 0.244 e. The molecule has 4 atom stereocenters. The minimum Gasteiger partial charge on any atom is -0.324 e. The number of carbonyl (C=O) groups excluding carboxylic acids is 3. The fraction of sp³-hybridized carbons (Fsp3) is 0.353. The van der Waals surface area contributed by atoms with Gasteiger partial charge in [0, 0.05) is 4.47 Å². The van der Waals surface area contributed by atoms with E-state index in [1.54, 1.807) is 12.1 Å². The minimum absolute atomic E-state index is 0.165. The topological polar surface area (TPSA) is 66.5 Å². The van der Waals surface area contributed by atoms with Crippen molar-refractivity contribution in [3.63, 3.8) is 0 Å². The van der Waals surface area contributed by atoms with Gasteiger partial charge < -0.3 is 5.32 Å². The second-order valence-corrected chi connectivity index (χ2v) is 7.14. The molecule has 2 fully saturated rings. The largest absolute Gasteiger partial charge is 0.324 e. The summed E-state index contributed by atoms with van der Waals surface area (Å²) in [6, 6.07) is 7.22. The molecule has 2 bridgehead atoms. The smallest absolute Gasteiger partial charge is 0.244 e. The highest BCUT2D eigenvalue weighted by Gasteiger charge is 2.59. The van der Waals surface area contributed by atoms with Crippen molar-refractivity contribution < 1.29 is 14.4 Å². The van der Waals surface area contributed by atoms with Gasteiger partial charge in [0.25, 0.3) is 0 Å². The van der Waals surface area contributed by atoms with Crippen molar-refractivity contribution >= 4 is 39.3 Å². The Balaban J connectivity index is 1.48. The molecular formula is C17H15BrN2O3. The maximum absolute atomic E-state index is 12.5. The second-order valence-electron chi connectivity index (χ2n) is 6.29. The fourth-order valence-corrected chi connectivity index (χ4v) is 4.40. The van der Waals surface area contributed by atoms with Gasteiger partial charge in [0.05, 0.1) is 17.5 Å². The van der Waals surface area contributed by atoms with E-state index in [9.17, 15) is 14.4 Å². The summed E-state index contributed by atoms with van der Waals surface area (Å²) in [5.41, 5.74) is 0.624. The van der Waals surface area contributed by atoms with E-state index < -0.39 is 0 Å². The van der Waals surface area contributed by atoms with Gasteiger partial charge >= 0.3 is 0 Å². The number of anilines is 1. The number of halogens is 1. The Labute approximate surface area is 141 Å². The van der Waals surface area contributed by atoms with Crippen LogP contribution in [-0.2, 0) is 14.4 Å². The summed E-state index contributed by atoms with van der Waals surface area (Å²) in [7, 11) is 0. The van der Waals surface area contributed by atoms with Crippen molar-refractivity contribution in [2.75, 3.05) is 11.9 Å². The summed E-state index contributed by atoms with van der Waals surface area (Å²) < 4.78 is 0.756. The first kappa shape index (κ1) is 14.6. The Morgan fingerprint density at radius 3 is 2.35 bits per heavy atom. The Morgan fingerprint density at radius 2 is 1.74 bits per heavy atom. The lowest BCUT2D eigenvalue weighted by molar-refractivity contribution is -0.143. The number of imide groups is 1. The predicted octanol–water partition coefficient (Wildman–Crippen LogP) is 2.19. The quantitative estimate of drug-likeness (QED) is 0.651. The van der Waals surface area contributed by atoms with Crippen molar-refractivity contribution in [3.05, 3.63) is 40.9 Å². The molecule has 1 aromatic rings. The van der Waals surface area contributed by atoms with Crippen LogP contribution in [0, 0.1) is 23.7 Å². The van der Waals surface area contributed by atoms with E-state index in [2.05, 4.69) is 21.2 Å². The first-order valence-electron chi connectivity index (χ1n) is 7.64. The lowest BCUT2D eigenvalue weighted by Gasteiger charge is -2.17. The lowest BCUT2D eigenvalue weighted by atomic mass is 9.85. The summed E-state index contributed by atoms with van der Waals surface area (Å²) in [4.78, 5) is 38.4. The van der Waals surface area contributed by atoms with E-state index in [0.717, 1.165) is 15.8 Å². The molecule has 118 valence electrons. The van der Waals surface area contributed by atoms with Crippen LogP contribution in [0.2, 0.25) is 0 Å². The average Bonchev–Trinajstić information content (AvgIpc) is 3.19. The highest BCUT2D eigenvalue weighted by Crippen LogP contribution is 2.52. The fourth-order valence-electron chi connectivity index (χ4n) is 4.02. The number of allylic oxidation sites excluding steroid dienone is 2. The summed E-state index contributed by atoms with van der Waals surface area (Å²) in [5, 5.41) is 2.73. The molecule has 1 aromatic carbocycles. The van der Waals surface area contributed by atoms with Crippen LogP contribution < -0.4 is 5.32 Å². The molecule has 4 rings (SSSR count). The van der Waals surface area contributed by atoms with Crippen molar-refractivity contribution in [2.45, 2.75) is 6.42 Å².